The van der Waals surface area contributed by atoms with Crippen LogP contribution in [-0.2, 0) is 7.05 Å². The standard InChI is InChI=1S/C15H27N3O/c1-7-8-16-12-9-13(15(12,4)5)19-14-10(2)17-18(6)11(14)3/h12-13,16H,7-9H2,1-6H3. The summed E-state index contributed by atoms with van der Waals surface area (Å²) < 4.78 is 8.13. The lowest BCUT2D eigenvalue weighted by Gasteiger charge is -2.51. The predicted molar refractivity (Wildman–Crippen MR) is 77.6 cm³/mol. The highest BCUT2D eigenvalue weighted by Gasteiger charge is 2.49. The number of hydrogen-bond acceptors (Lipinski definition) is 3. The molecule has 108 valence electrons. The third-order valence-electron chi connectivity index (χ3n) is 4.52. The Morgan fingerprint density at radius 2 is 2.11 bits per heavy atom. The molecule has 0 radical (unpaired) electrons. The summed E-state index contributed by atoms with van der Waals surface area (Å²) in [6.45, 7) is 11.9. The van der Waals surface area contributed by atoms with Crippen LogP contribution in [0.4, 0.5) is 0 Å². The fraction of sp³-hybridized carbons (Fsp3) is 0.800. The molecule has 1 aliphatic carbocycles. The molecule has 0 aromatic carbocycles. The number of ether oxygens (including phenoxy) is 1. The van der Waals surface area contributed by atoms with Crippen LogP contribution in [0.2, 0.25) is 0 Å². The lowest BCUT2D eigenvalue weighted by Crippen LogP contribution is -2.62. The van der Waals surface area contributed by atoms with Gasteiger partial charge in [-0.1, -0.05) is 20.8 Å². The van der Waals surface area contributed by atoms with Crippen LogP contribution in [0.15, 0.2) is 0 Å². The van der Waals surface area contributed by atoms with Crippen LogP contribution in [-0.4, -0.2) is 28.5 Å². The Bertz CT molecular complexity index is 450. The van der Waals surface area contributed by atoms with Crippen LogP contribution < -0.4 is 10.1 Å². The average molecular weight is 265 g/mol. The second-order valence-electron chi connectivity index (χ2n) is 6.29. The van der Waals surface area contributed by atoms with Crippen LogP contribution in [0.1, 0.15) is 45.0 Å². The van der Waals surface area contributed by atoms with Crippen LogP contribution in [0, 0.1) is 19.3 Å². The molecular formula is C15H27N3O. The first kappa shape index (κ1) is 14.4. The Morgan fingerprint density at radius 1 is 1.42 bits per heavy atom. The third-order valence-corrected chi connectivity index (χ3v) is 4.52. The minimum Gasteiger partial charge on any atom is -0.486 e. The zero-order valence-electron chi connectivity index (χ0n) is 13.1. The molecular weight excluding hydrogens is 238 g/mol. The fourth-order valence-electron chi connectivity index (χ4n) is 2.82. The van der Waals surface area contributed by atoms with E-state index in [0.717, 1.165) is 30.1 Å². The van der Waals surface area contributed by atoms with Crippen molar-refractivity contribution in [3.05, 3.63) is 11.4 Å². The Balaban J connectivity index is 2.02. The van der Waals surface area contributed by atoms with Crippen molar-refractivity contribution < 1.29 is 4.74 Å². The Morgan fingerprint density at radius 3 is 2.58 bits per heavy atom. The topological polar surface area (TPSA) is 39.1 Å². The molecule has 2 unspecified atom stereocenters. The second-order valence-corrected chi connectivity index (χ2v) is 6.29. The minimum absolute atomic E-state index is 0.184. The summed E-state index contributed by atoms with van der Waals surface area (Å²) in [7, 11) is 1.96. The van der Waals surface area contributed by atoms with E-state index in [-0.39, 0.29) is 11.5 Å². The van der Waals surface area contributed by atoms with E-state index in [1.54, 1.807) is 0 Å². The molecule has 0 bridgehead atoms. The van der Waals surface area contributed by atoms with E-state index in [1.807, 2.05) is 18.7 Å². The van der Waals surface area contributed by atoms with Crippen LogP contribution in [0.5, 0.6) is 5.75 Å². The molecule has 19 heavy (non-hydrogen) atoms. The number of nitrogens with zero attached hydrogens (tertiary/aromatic N) is 2. The van der Waals surface area contributed by atoms with E-state index in [9.17, 15) is 0 Å². The van der Waals surface area contributed by atoms with Crippen molar-refractivity contribution in [3.8, 4) is 5.75 Å². The zero-order valence-corrected chi connectivity index (χ0v) is 13.1. The molecule has 0 aliphatic heterocycles. The van der Waals surface area contributed by atoms with Crippen LogP contribution in [0.3, 0.4) is 0 Å². The lowest BCUT2D eigenvalue weighted by molar-refractivity contribution is -0.0552. The highest BCUT2D eigenvalue weighted by molar-refractivity contribution is 5.32. The summed E-state index contributed by atoms with van der Waals surface area (Å²) in [5.74, 6) is 0.967. The van der Waals surface area contributed by atoms with Crippen molar-refractivity contribution >= 4 is 0 Å². The van der Waals surface area contributed by atoms with E-state index in [4.69, 9.17) is 4.74 Å². The van der Waals surface area contributed by atoms with E-state index < -0.39 is 0 Å². The zero-order chi connectivity index (χ0) is 14.2. The molecule has 4 nitrogen and oxygen atoms in total. The molecule has 1 heterocycles. The fourth-order valence-corrected chi connectivity index (χ4v) is 2.82. The predicted octanol–water partition coefficient (Wildman–Crippen LogP) is 2.58. The van der Waals surface area contributed by atoms with Crippen molar-refractivity contribution in [1.29, 1.82) is 0 Å². The number of aryl methyl sites for hydroxylation is 2. The van der Waals surface area contributed by atoms with Gasteiger partial charge in [-0.2, -0.15) is 5.10 Å². The molecule has 1 fully saturated rings. The van der Waals surface area contributed by atoms with Gasteiger partial charge in [0, 0.05) is 24.9 Å². The molecule has 1 saturated carbocycles. The quantitative estimate of drug-likeness (QED) is 0.889. The van der Waals surface area contributed by atoms with Gasteiger partial charge >= 0.3 is 0 Å². The van der Waals surface area contributed by atoms with Crippen LogP contribution in [0.25, 0.3) is 0 Å². The molecule has 0 spiro atoms. The normalized spacial score (nSPS) is 25.2. The van der Waals surface area contributed by atoms with Crippen LogP contribution >= 0.6 is 0 Å². The maximum Gasteiger partial charge on any atom is 0.163 e. The van der Waals surface area contributed by atoms with Gasteiger partial charge in [0.2, 0.25) is 0 Å². The average Bonchev–Trinajstić information content (AvgIpc) is 2.58. The van der Waals surface area contributed by atoms with Gasteiger partial charge in [-0.05, 0) is 26.8 Å². The molecule has 2 rings (SSSR count). The Hall–Kier alpha value is -1.03. The molecule has 0 amide bonds. The highest BCUT2D eigenvalue weighted by atomic mass is 16.5. The summed E-state index contributed by atoms with van der Waals surface area (Å²) in [5.41, 5.74) is 2.28. The van der Waals surface area contributed by atoms with Gasteiger partial charge in [0.05, 0.1) is 5.69 Å². The largest absolute Gasteiger partial charge is 0.486 e. The monoisotopic (exact) mass is 265 g/mol. The van der Waals surface area contributed by atoms with Gasteiger partial charge in [-0.3, -0.25) is 4.68 Å². The first-order valence-electron chi connectivity index (χ1n) is 7.28. The highest BCUT2D eigenvalue weighted by Crippen LogP contribution is 2.43. The van der Waals surface area contributed by atoms with E-state index >= 15 is 0 Å². The van der Waals surface area contributed by atoms with Crippen molar-refractivity contribution in [2.24, 2.45) is 12.5 Å². The van der Waals surface area contributed by atoms with E-state index in [0.29, 0.717) is 6.04 Å². The van der Waals surface area contributed by atoms with Gasteiger partial charge in [0.15, 0.2) is 5.75 Å². The second kappa shape index (κ2) is 5.16. The van der Waals surface area contributed by atoms with Crippen molar-refractivity contribution in [2.75, 3.05) is 6.54 Å². The summed E-state index contributed by atoms with van der Waals surface area (Å²) in [6.07, 6.45) is 2.54. The molecule has 2 atom stereocenters. The number of hydrogen-bond donors (Lipinski definition) is 1. The van der Waals surface area contributed by atoms with Gasteiger partial charge < -0.3 is 10.1 Å². The molecule has 1 aromatic rings. The Labute approximate surface area is 116 Å². The van der Waals surface area contributed by atoms with E-state index in [2.05, 4.69) is 38.1 Å². The lowest BCUT2D eigenvalue weighted by atomic mass is 9.64. The summed E-state index contributed by atoms with van der Waals surface area (Å²) in [6, 6.07) is 0.565. The molecule has 4 heteroatoms. The Kier molecular flexibility index (Phi) is 3.90. The first-order chi connectivity index (χ1) is 8.87. The minimum atomic E-state index is 0.184. The summed E-state index contributed by atoms with van der Waals surface area (Å²) in [5, 5.41) is 8.02. The molecule has 1 aromatic heterocycles. The molecule has 0 saturated heterocycles. The number of aromatic nitrogens is 2. The number of nitrogens with one attached hydrogen (secondary N) is 1. The molecule has 1 N–H and O–H groups in total. The maximum absolute atomic E-state index is 6.23. The van der Waals surface area contributed by atoms with Gasteiger partial charge in [-0.25, -0.2) is 0 Å². The van der Waals surface area contributed by atoms with Crippen molar-refractivity contribution in [1.82, 2.24) is 15.1 Å². The number of rotatable bonds is 5. The SMILES string of the molecule is CCCNC1CC(Oc2c(C)nn(C)c2C)C1(C)C. The van der Waals surface area contributed by atoms with Gasteiger partial charge in [0.25, 0.3) is 0 Å². The summed E-state index contributed by atoms with van der Waals surface area (Å²) in [4.78, 5) is 0. The van der Waals surface area contributed by atoms with Crippen molar-refractivity contribution in [2.45, 2.75) is 59.6 Å². The van der Waals surface area contributed by atoms with E-state index in [1.165, 1.54) is 6.42 Å². The third kappa shape index (κ3) is 2.50. The molecule has 1 aliphatic rings. The van der Waals surface area contributed by atoms with Gasteiger partial charge in [0.1, 0.15) is 11.8 Å². The first-order valence-corrected chi connectivity index (χ1v) is 7.28. The van der Waals surface area contributed by atoms with Gasteiger partial charge in [-0.15, -0.1) is 0 Å². The smallest absolute Gasteiger partial charge is 0.163 e. The van der Waals surface area contributed by atoms with Crippen molar-refractivity contribution in [3.63, 3.8) is 0 Å². The maximum atomic E-state index is 6.23. The summed E-state index contributed by atoms with van der Waals surface area (Å²) >= 11 is 0.